The van der Waals surface area contributed by atoms with Gasteiger partial charge >= 0.3 is 0 Å². The Balaban J connectivity index is 2.32. The monoisotopic (exact) mass is 259 g/mol. The molecule has 0 aliphatic heterocycles. The molecule has 0 spiro atoms. The highest BCUT2D eigenvalue weighted by atomic mass is 16.5. The van der Waals surface area contributed by atoms with Crippen LogP contribution in [0.15, 0.2) is 0 Å². The number of methoxy groups -OCH3 is 2. The number of aliphatic hydroxyl groups excluding tert-OH is 1. The fraction of sp³-hybridized carbons (Fsp3) is 1.00. The highest BCUT2D eigenvalue weighted by Gasteiger charge is 2.24. The van der Waals surface area contributed by atoms with Gasteiger partial charge in [-0.3, -0.25) is 0 Å². The Morgan fingerprint density at radius 1 is 1.06 bits per heavy atom. The maximum Gasteiger partial charge on any atom is 0.0589 e. The molecule has 0 radical (unpaired) electrons. The molecule has 1 aliphatic carbocycles. The van der Waals surface area contributed by atoms with Gasteiger partial charge in [0, 0.05) is 40.5 Å². The van der Waals surface area contributed by atoms with Crippen LogP contribution in [0.1, 0.15) is 32.1 Å². The van der Waals surface area contributed by atoms with Crippen LogP contribution in [0, 0.1) is 5.92 Å². The predicted molar refractivity (Wildman–Crippen MR) is 72.8 cm³/mol. The van der Waals surface area contributed by atoms with Crippen molar-refractivity contribution < 1.29 is 14.6 Å². The molecule has 1 fully saturated rings. The molecular formula is C14H29NO3. The van der Waals surface area contributed by atoms with Gasteiger partial charge in [0.2, 0.25) is 0 Å². The van der Waals surface area contributed by atoms with Crippen LogP contribution < -0.4 is 0 Å². The quantitative estimate of drug-likeness (QED) is 0.638. The fourth-order valence-corrected chi connectivity index (χ4v) is 2.68. The van der Waals surface area contributed by atoms with E-state index in [1.165, 1.54) is 12.8 Å². The summed E-state index contributed by atoms with van der Waals surface area (Å²) >= 11 is 0. The molecule has 1 saturated carbocycles. The number of ether oxygens (including phenoxy) is 2. The first-order valence-corrected chi connectivity index (χ1v) is 7.16. The lowest BCUT2D eigenvalue weighted by molar-refractivity contribution is 0.0380. The van der Waals surface area contributed by atoms with E-state index in [9.17, 15) is 5.11 Å². The largest absolute Gasteiger partial charge is 0.393 e. The summed E-state index contributed by atoms with van der Waals surface area (Å²) in [5.74, 6) is 0.443. The van der Waals surface area contributed by atoms with Gasteiger partial charge in [0.25, 0.3) is 0 Å². The Morgan fingerprint density at radius 3 is 2.44 bits per heavy atom. The van der Waals surface area contributed by atoms with E-state index >= 15 is 0 Å². The topological polar surface area (TPSA) is 41.9 Å². The third-order valence-electron chi connectivity index (χ3n) is 3.80. The lowest BCUT2D eigenvalue weighted by atomic mass is 9.86. The molecule has 2 atom stereocenters. The molecule has 108 valence electrons. The minimum Gasteiger partial charge on any atom is -0.393 e. The SMILES string of the molecule is COCCCN(CCOC)CC1CCCCC1O. The first kappa shape index (κ1) is 15.9. The lowest BCUT2D eigenvalue weighted by Gasteiger charge is -2.33. The van der Waals surface area contributed by atoms with Crippen LogP contribution in [0.2, 0.25) is 0 Å². The van der Waals surface area contributed by atoms with E-state index in [4.69, 9.17) is 9.47 Å². The maximum atomic E-state index is 10.0. The number of aliphatic hydroxyl groups is 1. The van der Waals surface area contributed by atoms with Crippen molar-refractivity contribution in [2.45, 2.75) is 38.2 Å². The van der Waals surface area contributed by atoms with Crippen LogP contribution in [-0.2, 0) is 9.47 Å². The minimum absolute atomic E-state index is 0.105. The summed E-state index contributed by atoms with van der Waals surface area (Å²) in [6.07, 6.45) is 5.52. The van der Waals surface area contributed by atoms with Gasteiger partial charge in [-0.05, 0) is 25.2 Å². The summed E-state index contributed by atoms with van der Waals surface area (Å²) in [4.78, 5) is 2.40. The van der Waals surface area contributed by atoms with Gasteiger partial charge in [0.05, 0.1) is 12.7 Å². The molecular weight excluding hydrogens is 230 g/mol. The second-order valence-corrected chi connectivity index (χ2v) is 5.25. The molecule has 0 amide bonds. The Labute approximate surface area is 111 Å². The van der Waals surface area contributed by atoms with E-state index in [2.05, 4.69) is 4.90 Å². The number of hydrogen-bond acceptors (Lipinski definition) is 4. The highest BCUT2D eigenvalue weighted by molar-refractivity contribution is 4.77. The molecule has 0 bridgehead atoms. The van der Waals surface area contributed by atoms with Crippen molar-refractivity contribution in [3.63, 3.8) is 0 Å². The van der Waals surface area contributed by atoms with E-state index in [0.29, 0.717) is 5.92 Å². The second kappa shape index (κ2) is 9.73. The smallest absolute Gasteiger partial charge is 0.0589 e. The van der Waals surface area contributed by atoms with Crippen LogP contribution in [0.4, 0.5) is 0 Å². The van der Waals surface area contributed by atoms with Crippen LogP contribution in [0.5, 0.6) is 0 Å². The highest BCUT2D eigenvalue weighted by Crippen LogP contribution is 2.25. The second-order valence-electron chi connectivity index (χ2n) is 5.25. The number of rotatable bonds is 9. The Bertz CT molecular complexity index is 201. The zero-order valence-electron chi connectivity index (χ0n) is 11.9. The van der Waals surface area contributed by atoms with Gasteiger partial charge in [-0.2, -0.15) is 0 Å². The Kier molecular flexibility index (Phi) is 8.59. The van der Waals surface area contributed by atoms with Gasteiger partial charge in [0.1, 0.15) is 0 Å². The predicted octanol–water partition coefficient (Wildman–Crippen LogP) is 1.52. The van der Waals surface area contributed by atoms with E-state index in [-0.39, 0.29) is 6.10 Å². The molecule has 4 heteroatoms. The Hall–Kier alpha value is -0.160. The van der Waals surface area contributed by atoms with E-state index in [1.807, 2.05) is 0 Å². The molecule has 4 nitrogen and oxygen atoms in total. The van der Waals surface area contributed by atoms with Gasteiger partial charge in [0.15, 0.2) is 0 Å². The maximum absolute atomic E-state index is 10.0. The zero-order valence-corrected chi connectivity index (χ0v) is 11.9. The summed E-state index contributed by atoms with van der Waals surface area (Å²) in [5.41, 5.74) is 0. The molecule has 0 saturated heterocycles. The van der Waals surface area contributed by atoms with E-state index < -0.39 is 0 Å². The van der Waals surface area contributed by atoms with Crippen molar-refractivity contribution in [2.75, 3.05) is 47.1 Å². The fourth-order valence-electron chi connectivity index (χ4n) is 2.68. The Morgan fingerprint density at radius 2 is 1.78 bits per heavy atom. The molecule has 0 aromatic rings. The summed E-state index contributed by atoms with van der Waals surface area (Å²) in [6, 6.07) is 0. The van der Waals surface area contributed by atoms with Crippen molar-refractivity contribution >= 4 is 0 Å². The van der Waals surface area contributed by atoms with Crippen LogP contribution in [0.25, 0.3) is 0 Å². The molecule has 2 unspecified atom stereocenters. The third kappa shape index (κ3) is 6.14. The van der Waals surface area contributed by atoms with Gasteiger partial charge in [-0.1, -0.05) is 12.8 Å². The van der Waals surface area contributed by atoms with E-state index in [1.54, 1.807) is 14.2 Å². The molecule has 18 heavy (non-hydrogen) atoms. The summed E-state index contributed by atoms with van der Waals surface area (Å²) in [5, 5.41) is 10.0. The average molecular weight is 259 g/mol. The number of hydrogen-bond donors (Lipinski definition) is 1. The lowest BCUT2D eigenvalue weighted by Crippen LogP contribution is -2.39. The summed E-state index contributed by atoms with van der Waals surface area (Å²) in [6.45, 7) is 4.53. The van der Waals surface area contributed by atoms with Crippen LogP contribution in [-0.4, -0.2) is 63.2 Å². The van der Waals surface area contributed by atoms with E-state index in [0.717, 1.165) is 52.1 Å². The number of nitrogens with zero attached hydrogens (tertiary/aromatic N) is 1. The van der Waals surface area contributed by atoms with Gasteiger partial charge < -0.3 is 19.5 Å². The van der Waals surface area contributed by atoms with Crippen LogP contribution >= 0.6 is 0 Å². The molecule has 0 aromatic carbocycles. The minimum atomic E-state index is -0.105. The average Bonchev–Trinajstić information content (AvgIpc) is 2.38. The first-order valence-electron chi connectivity index (χ1n) is 7.16. The van der Waals surface area contributed by atoms with Crippen molar-refractivity contribution in [3.05, 3.63) is 0 Å². The van der Waals surface area contributed by atoms with Crippen molar-refractivity contribution in [2.24, 2.45) is 5.92 Å². The third-order valence-corrected chi connectivity index (χ3v) is 3.80. The zero-order chi connectivity index (χ0) is 13.2. The van der Waals surface area contributed by atoms with Crippen molar-refractivity contribution in [3.8, 4) is 0 Å². The molecule has 0 heterocycles. The molecule has 1 aliphatic rings. The molecule has 0 aromatic heterocycles. The molecule has 1 rings (SSSR count). The normalized spacial score (nSPS) is 24.7. The van der Waals surface area contributed by atoms with Crippen LogP contribution in [0.3, 0.4) is 0 Å². The summed E-state index contributed by atoms with van der Waals surface area (Å²) < 4.78 is 10.3. The van der Waals surface area contributed by atoms with Gasteiger partial charge in [-0.15, -0.1) is 0 Å². The van der Waals surface area contributed by atoms with Crippen molar-refractivity contribution in [1.82, 2.24) is 4.90 Å². The summed E-state index contributed by atoms with van der Waals surface area (Å²) in [7, 11) is 3.48. The standard InChI is InChI=1S/C14H29NO3/c1-17-10-5-8-15(9-11-18-2)12-13-6-3-4-7-14(13)16/h13-14,16H,3-12H2,1-2H3. The first-order chi connectivity index (χ1) is 8.77. The molecule has 1 N–H and O–H groups in total. The van der Waals surface area contributed by atoms with Crippen molar-refractivity contribution in [1.29, 1.82) is 0 Å². The van der Waals surface area contributed by atoms with Gasteiger partial charge in [-0.25, -0.2) is 0 Å².